The maximum atomic E-state index is 12.3. The van der Waals surface area contributed by atoms with Gasteiger partial charge in [0.15, 0.2) is 19.7 Å². The zero-order valence-corrected chi connectivity index (χ0v) is 13.0. The molecule has 0 aromatic rings. The summed E-state index contributed by atoms with van der Waals surface area (Å²) in [5.74, 6) is -6.78. The van der Waals surface area contributed by atoms with E-state index in [1.807, 2.05) is 0 Å². The Hall–Kier alpha value is -0.780. The summed E-state index contributed by atoms with van der Waals surface area (Å²) in [6.07, 6.45) is -11.8. The Bertz CT molecular complexity index is 721. The molecule has 0 radical (unpaired) electrons. The van der Waals surface area contributed by atoms with Crippen molar-refractivity contribution in [3.8, 4) is 0 Å². The molecule has 0 aliphatic heterocycles. The van der Waals surface area contributed by atoms with E-state index in [2.05, 4.69) is 0 Å². The average molecular weight is 440 g/mol. The Balaban J connectivity index is 6.60. The lowest BCUT2D eigenvalue weighted by atomic mass is 10.8. The van der Waals surface area contributed by atoms with Crippen LogP contribution in [-0.4, -0.2) is 58.5 Å². The lowest BCUT2D eigenvalue weighted by Crippen LogP contribution is -2.49. The molecule has 0 aromatic heterocycles. The molecule has 0 amide bonds. The highest BCUT2D eigenvalue weighted by Gasteiger charge is 2.63. The van der Waals surface area contributed by atoms with Crippen molar-refractivity contribution in [2.75, 3.05) is 11.5 Å². The molecule has 0 saturated heterocycles. The van der Waals surface area contributed by atoms with Gasteiger partial charge in [-0.15, -0.1) is 0 Å². The maximum absolute atomic E-state index is 12.3. The van der Waals surface area contributed by atoms with Gasteiger partial charge in [0.2, 0.25) is 0 Å². The quantitative estimate of drug-likeness (QED) is 0.595. The molecule has 0 spiro atoms. The number of rotatable bonds is 5. The Labute approximate surface area is 128 Å². The molecule has 18 heteroatoms. The molecular formula is C6H5F9O6S3. The van der Waals surface area contributed by atoms with Crippen LogP contribution in [0.1, 0.15) is 0 Å². The molecule has 0 aliphatic carbocycles. The van der Waals surface area contributed by atoms with Crippen molar-refractivity contribution in [1.82, 2.24) is 0 Å². The van der Waals surface area contributed by atoms with Gasteiger partial charge >= 0.3 is 17.9 Å². The molecule has 0 N–H and O–H groups in total. The topological polar surface area (TPSA) is 102 Å². The van der Waals surface area contributed by atoms with Gasteiger partial charge in [-0.2, -0.15) is 39.5 Å². The summed E-state index contributed by atoms with van der Waals surface area (Å²) >= 11 is 0. The highest BCUT2D eigenvalue weighted by atomic mass is 32.3. The third-order valence-corrected chi connectivity index (χ3v) is 10.7. The van der Waals surface area contributed by atoms with Gasteiger partial charge in [0.25, 0.3) is 13.8 Å². The second-order valence-electron chi connectivity index (χ2n) is 4.12. The summed E-state index contributed by atoms with van der Waals surface area (Å²) in [5, 5.41) is 0. The van der Waals surface area contributed by atoms with Crippen LogP contribution in [0.15, 0.2) is 0 Å². The molecule has 0 aromatic carbocycles. The zero-order chi connectivity index (χ0) is 20.0. The van der Waals surface area contributed by atoms with E-state index >= 15 is 0 Å². The van der Waals surface area contributed by atoms with Crippen LogP contribution in [0.3, 0.4) is 0 Å². The van der Waals surface area contributed by atoms with Gasteiger partial charge in [0, 0.05) is 0 Å². The van der Waals surface area contributed by atoms with Crippen LogP contribution in [0.5, 0.6) is 0 Å². The van der Waals surface area contributed by atoms with Crippen molar-refractivity contribution < 1.29 is 64.8 Å². The largest absolute Gasteiger partial charge is 0.499 e. The number of hydrogen-bond acceptors (Lipinski definition) is 6. The molecule has 0 aliphatic rings. The van der Waals surface area contributed by atoms with Crippen LogP contribution >= 0.6 is 0 Å². The van der Waals surface area contributed by atoms with Crippen LogP contribution < -0.4 is 0 Å². The smallest absolute Gasteiger partial charge is 0.226 e. The first-order valence-corrected chi connectivity index (χ1v) is 9.87. The number of sulfone groups is 3. The molecule has 0 heterocycles. The van der Waals surface area contributed by atoms with Crippen molar-refractivity contribution in [3.63, 3.8) is 0 Å². The minimum absolute atomic E-state index is 3.39. The minimum Gasteiger partial charge on any atom is -0.226 e. The third kappa shape index (κ3) is 5.94. The molecule has 146 valence electrons. The van der Waals surface area contributed by atoms with Crippen molar-refractivity contribution in [1.29, 1.82) is 0 Å². The van der Waals surface area contributed by atoms with Crippen molar-refractivity contribution in [2.45, 2.75) is 21.8 Å². The van der Waals surface area contributed by atoms with Crippen LogP contribution in [0.4, 0.5) is 39.5 Å². The lowest BCUT2D eigenvalue weighted by molar-refractivity contribution is -0.107. The summed E-state index contributed by atoms with van der Waals surface area (Å²) in [7, 11) is -21.0. The molecule has 0 bridgehead atoms. The first-order valence-electron chi connectivity index (χ1n) is 4.90. The van der Waals surface area contributed by atoms with Gasteiger partial charge in [-0.3, -0.25) is 0 Å². The van der Waals surface area contributed by atoms with Crippen LogP contribution in [0, 0.1) is 0 Å². The number of hydrogen-bond donors (Lipinski definition) is 0. The summed E-state index contributed by atoms with van der Waals surface area (Å²) in [6.45, 7) is 0. The second-order valence-corrected chi connectivity index (χ2v) is 11.2. The van der Waals surface area contributed by atoms with E-state index in [1.54, 1.807) is 0 Å². The summed E-state index contributed by atoms with van der Waals surface area (Å²) in [6, 6.07) is 0. The second kappa shape index (κ2) is 6.19. The van der Waals surface area contributed by atoms with E-state index in [9.17, 15) is 64.8 Å². The first-order chi connectivity index (χ1) is 10.0. The summed E-state index contributed by atoms with van der Waals surface area (Å²) in [4.78, 5) is 0. The summed E-state index contributed by atoms with van der Waals surface area (Å²) in [5.41, 5.74) is -6.74. The van der Waals surface area contributed by atoms with Gasteiger partial charge in [-0.05, 0) is 0 Å². The highest BCUT2D eigenvalue weighted by molar-refractivity contribution is 8.24. The van der Waals surface area contributed by atoms with Crippen LogP contribution in [-0.2, 0) is 29.5 Å². The maximum Gasteiger partial charge on any atom is 0.499 e. The Morgan fingerprint density at radius 3 is 1.00 bits per heavy atom. The van der Waals surface area contributed by atoms with Gasteiger partial charge in [0.1, 0.15) is 11.5 Å². The van der Waals surface area contributed by atoms with E-state index in [0.29, 0.717) is 0 Å². The zero-order valence-electron chi connectivity index (χ0n) is 10.6. The molecule has 0 saturated carbocycles. The van der Waals surface area contributed by atoms with Crippen molar-refractivity contribution >= 4 is 29.5 Å². The van der Waals surface area contributed by atoms with Crippen molar-refractivity contribution in [3.05, 3.63) is 0 Å². The van der Waals surface area contributed by atoms with Gasteiger partial charge in [-0.1, -0.05) is 0 Å². The molecule has 0 unspecified atom stereocenters. The average Bonchev–Trinajstić information content (AvgIpc) is 2.02. The molecule has 6 nitrogen and oxygen atoms in total. The fourth-order valence-electron chi connectivity index (χ4n) is 1.31. The summed E-state index contributed by atoms with van der Waals surface area (Å²) < 4.78 is 171. The predicted octanol–water partition coefficient (Wildman–Crippen LogP) is 1.16. The standard InChI is InChI=1S/C6H5F9O6S3/c7-4(8,9)1-22(16,17)3(24(20,21)6(13,14)15)23(18,19)2-5(10,11)12/h3H,1-2H2. The van der Waals surface area contributed by atoms with Gasteiger partial charge in [0.05, 0.1) is 0 Å². The van der Waals surface area contributed by atoms with Gasteiger partial charge < -0.3 is 0 Å². The van der Waals surface area contributed by atoms with E-state index < -0.39 is 62.8 Å². The first kappa shape index (κ1) is 23.2. The molecular weight excluding hydrogens is 435 g/mol. The molecule has 0 rings (SSSR count). The Morgan fingerprint density at radius 1 is 0.583 bits per heavy atom. The Kier molecular flexibility index (Phi) is 5.98. The van der Waals surface area contributed by atoms with Crippen LogP contribution in [0.25, 0.3) is 0 Å². The molecule has 0 atom stereocenters. The lowest BCUT2D eigenvalue weighted by Gasteiger charge is -2.21. The van der Waals surface area contributed by atoms with E-state index in [4.69, 9.17) is 0 Å². The monoisotopic (exact) mass is 440 g/mol. The van der Waals surface area contributed by atoms with Gasteiger partial charge in [-0.25, -0.2) is 25.3 Å². The Morgan fingerprint density at radius 2 is 0.833 bits per heavy atom. The fourth-order valence-corrected chi connectivity index (χ4v) is 9.06. The minimum atomic E-state index is -7.47. The third-order valence-electron chi connectivity index (χ3n) is 1.89. The number of alkyl halides is 9. The SMILES string of the molecule is O=S(=O)(CC(F)(F)F)C(S(=O)(=O)CC(F)(F)F)S(=O)(=O)C(F)(F)F. The fraction of sp³-hybridized carbons (Fsp3) is 1.00. The van der Waals surface area contributed by atoms with E-state index in [-0.39, 0.29) is 0 Å². The number of halogens is 9. The molecule has 24 heavy (non-hydrogen) atoms. The van der Waals surface area contributed by atoms with E-state index in [1.165, 1.54) is 0 Å². The van der Waals surface area contributed by atoms with Crippen LogP contribution in [0.2, 0.25) is 0 Å². The predicted molar refractivity (Wildman–Crippen MR) is 58.4 cm³/mol. The highest BCUT2D eigenvalue weighted by Crippen LogP contribution is 2.36. The molecule has 0 fully saturated rings. The normalized spacial score (nSPS) is 15.8. The van der Waals surface area contributed by atoms with E-state index in [0.717, 1.165) is 0 Å². The van der Waals surface area contributed by atoms with Crippen molar-refractivity contribution in [2.24, 2.45) is 0 Å².